The molecule has 0 aliphatic heterocycles. The Bertz CT molecular complexity index is 272. The maximum absolute atomic E-state index is 11.3. The van der Waals surface area contributed by atoms with E-state index in [9.17, 15) is 4.21 Å². The molecule has 0 bridgehead atoms. The van der Waals surface area contributed by atoms with E-state index in [1.54, 1.807) is 0 Å². The third kappa shape index (κ3) is 22.0. The van der Waals surface area contributed by atoms with Gasteiger partial charge in [-0.1, -0.05) is 110 Å². The van der Waals surface area contributed by atoms with Gasteiger partial charge in [-0.05, 0) is 12.8 Å². The molecule has 1 atom stereocenters. The summed E-state index contributed by atoms with van der Waals surface area (Å²) >= 11 is -1.54. The standard InChI is InChI=1S/C21H44O3S/c1-3-5-7-8-9-10-11-12-13-14-15-16-17-18-19-21-24-25(22)23-20-6-4-2/h3-21H2,1-2H3. The van der Waals surface area contributed by atoms with E-state index in [0.717, 1.165) is 19.3 Å². The minimum Gasteiger partial charge on any atom is -0.268 e. The topological polar surface area (TPSA) is 35.5 Å². The molecule has 0 aliphatic carbocycles. The van der Waals surface area contributed by atoms with Gasteiger partial charge < -0.3 is 0 Å². The summed E-state index contributed by atoms with van der Waals surface area (Å²) in [6.07, 6.45) is 22.3. The van der Waals surface area contributed by atoms with Gasteiger partial charge in [-0.2, -0.15) is 4.21 Å². The first-order chi connectivity index (χ1) is 12.3. The van der Waals surface area contributed by atoms with Crippen LogP contribution < -0.4 is 0 Å². The second-order valence-electron chi connectivity index (χ2n) is 7.15. The van der Waals surface area contributed by atoms with Crippen molar-refractivity contribution >= 4 is 11.4 Å². The van der Waals surface area contributed by atoms with E-state index in [0.29, 0.717) is 13.2 Å². The van der Waals surface area contributed by atoms with E-state index in [2.05, 4.69) is 13.8 Å². The minimum atomic E-state index is -1.54. The van der Waals surface area contributed by atoms with Gasteiger partial charge in [-0.25, -0.2) is 0 Å². The Morgan fingerprint density at radius 1 is 0.480 bits per heavy atom. The van der Waals surface area contributed by atoms with Gasteiger partial charge in [0.2, 0.25) is 0 Å². The van der Waals surface area contributed by atoms with Crippen LogP contribution in [0, 0.1) is 0 Å². The van der Waals surface area contributed by atoms with Gasteiger partial charge in [-0.3, -0.25) is 8.37 Å². The Morgan fingerprint density at radius 2 is 0.800 bits per heavy atom. The fraction of sp³-hybridized carbons (Fsp3) is 1.00. The van der Waals surface area contributed by atoms with Crippen molar-refractivity contribution in [2.24, 2.45) is 0 Å². The van der Waals surface area contributed by atoms with E-state index >= 15 is 0 Å². The Kier molecular flexibility index (Phi) is 22.2. The molecular weight excluding hydrogens is 332 g/mol. The second kappa shape index (κ2) is 22.1. The molecule has 0 fully saturated rings. The summed E-state index contributed by atoms with van der Waals surface area (Å²) in [6.45, 7) is 5.45. The van der Waals surface area contributed by atoms with Crippen LogP contribution in [0.4, 0.5) is 0 Å². The predicted octanol–water partition coefficient (Wildman–Crippen LogP) is 7.27. The highest BCUT2D eigenvalue weighted by atomic mass is 32.2. The van der Waals surface area contributed by atoms with Crippen LogP contribution in [0.5, 0.6) is 0 Å². The van der Waals surface area contributed by atoms with Crippen LogP contribution in [0.25, 0.3) is 0 Å². The van der Waals surface area contributed by atoms with Crippen molar-refractivity contribution in [2.75, 3.05) is 13.2 Å². The van der Waals surface area contributed by atoms with E-state index in [4.69, 9.17) is 8.37 Å². The summed E-state index contributed by atoms with van der Waals surface area (Å²) in [5.74, 6) is 0. The Morgan fingerprint density at radius 3 is 1.20 bits per heavy atom. The SMILES string of the molecule is CCCCCCCCCCCCCCCCCOS(=O)OCCCC. The summed E-state index contributed by atoms with van der Waals surface area (Å²) in [7, 11) is 0. The van der Waals surface area contributed by atoms with Crippen molar-refractivity contribution in [1.29, 1.82) is 0 Å². The molecule has 0 radical (unpaired) electrons. The number of unbranched alkanes of at least 4 members (excludes halogenated alkanes) is 15. The molecule has 0 aromatic heterocycles. The van der Waals surface area contributed by atoms with Gasteiger partial charge in [-0.15, -0.1) is 0 Å². The number of hydrogen-bond acceptors (Lipinski definition) is 3. The van der Waals surface area contributed by atoms with Crippen molar-refractivity contribution in [3.63, 3.8) is 0 Å². The summed E-state index contributed by atoms with van der Waals surface area (Å²) in [6, 6.07) is 0. The highest BCUT2D eigenvalue weighted by Gasteiger charge is 2.00. The van der Waals surface area contributed by atoms with Crippen LogP contribution in [-0.4, -0.2) is 17.4 Å². The van der Waals surface area contributed by atoms with Crippen molar-refractivity contribution in [2.45, 2.75) is 123 Å². The highest BCUT2D eigenvalue weighted by Crippen LogP contribution is 2.13. The van der Waals surface area contributed by atoms with Crippen LogP contribution in [-0.2, 0) is 19.7 Å². The average Bonchev–Trinajstić information content (AvgIpc) is 2.61. The summed E-state index contributed by atoms with van der Waals surface area (Å²) in [5, 5.41) is 0. The molecule has 0 saturated carbocycles. The molecule has 152 valence electrons. The van der Waals surface area contributed by atoms with Crippen LogP contribution in [0.3, 0.4) is 0 Å². The minimum absolute atomic E-state index is 0.530. The van der Waals surface area contributed by atoms with Crippen molar-refractivity contribution in [3.05, 3.63) is 0 Å². The lowest BCUT2D eigenvalue weighted by Gasteiger charge is -2.04. The molecule has 0 spiro atoms. The van der Waals surface area contributed by atoms with Crippen molar-refractivity contribution < 1.29 is 12.6 Å². The largest absolute Gasteiger partial charge is 0.304 e. The molecule has 4 heteroatoms. The maximum Gasteiger partial charge on any atom is 0.304 e. The van der Waals surface area contributed by atoms with E-state index in [1.807, 2.05) is 0 Å². The third-order valence-corrected chi connectivity index (χ3v) is 5.32. The van der Waals surface area contributed by atoms with Gasteiger partial charge in [0, 0.05) is 0 Å². The van der Waals surface area contributed by atoms with Gasteiger partial charge >= 0.3 is 11.4 Å². The normalized spacial score (nSPS) is 12.6. The molecular formula is C21H44O3S. The zero-order chi connectivity index (χ0) is 18.4. The second-order valence-corrected chi connectivity index (χ2v) is 8.03. The van der Waals surface area contributed by atoms with Crippen LogP contribution in [0.15, 0.2) is 0 Å². The summed E-state index contributed by atoms with van der Waals surface area (Å²) < 4.78 is 21.5. The van der Waals surface area contributed by atoms with Gasteiger partial charge in [0.15, 0.2) is 0 Å². The third-order valence-electron chi connectivity index (χ3n) is 4.60. The predicted molar refractivity (Wildman–Crippen MR) is 110 cm³/mol. The smallest absolute Gasteiger partial charge is 0.268 e. The summed E-state index contributed by atoms with van der Waals surface area (Å²) in [5.41, 5.74) is 0. The summed E-state index contributed by atoms with van der Waals surface area (Å²) in [4.78, 5) is 0. The molecule has 25 heavy (non-hydrogen) atoms. The highest BCUT2D eigenvalue weighted by molar-refractivity contribution is 7.75. The zero-order valence-electron chi connectivity index (χ0n) is 17.1. The number of rotatable bonds is 21. The van der Waals surface area contributed by atoms with Crippen LogP contribution in [0.1, 0.15) is 123 Å². The molecule has 3 nitrogen and oxygen atoms in total. The van der Waals surface area contributed by atoms with E-state index in [-0.39, 0.29) is 0 Å². The first-order valence-electron chi connectivity index (χ1n) is 11.0. The molecule has 0 amide bonds. The van der Waals surface area contributed by atoms with E-state index < -0.39 is 11.4 Å². The fourth-order valence-corrected chi connectivity index (χ4v) is 3.48. The number of hydrogen-bond donors (Lipinski definition) is 0. The molecule has 1 unspecified atom stereocenters. The molecule has 0 aromatic carbocycles. The molecule has 0 aliphatic rings. The fourth-order valence-electron chi connectivity index (χ4n) is 2.91. The molecule has 0 saturated heterocycles. The molecule has 0 rings (SSSR count). The average molecular weight is 377 g/mol. The monoisotopic (exact) mass is 376 g/mol. The Hall–Kier alpha value is 0.0700. The zero-order valence-corrected chi connectivity index (χ0v) is 17.9. The quantitative estimate of drug-likeness (QED) is 0.198. The van der Waals surface area contributed by atoms with Gasteiger partial charge in [0.25, 0.3) is 0 Å². The lowest BCUT2D eigenvalue weighted by molar-refractivity contribution is 0.242. The van der Waals surface area contributed by atoms with E-state index in [1.165, 1.54) is 89.9 Å². The Labute approximate surface area is 160 Å². The van der Waals surface area contributed by atoms with Crippen molar-refractivity contribution in [3.8, 4) is 0 Å². The van der Waals surface area contributed by atoms with Crippen LogP contribution >= 0.6 is 0 Å². The first kappa shape index (κ1) is 25.1. The van der Waals surface area contributed by atoms with Gasteiger partial charge in [0.05, 0.1) is 13.2 Å². The lowest BCUT2D eigenvalue weighted by atomic mass is 10.0. The first-order valence-corrected chi connectivity index (χ1v) is 12.0. The van der Waals surface area contributed by atoms with Gasteiger partial charge in [0.1, 0.15) is 0 Å². The van der Waals surface area contributed by atoms with Crippen LogP contribution in [0.2, 0.25) is 0 Å². The molecule has 0 heterocycles. The Balaban J connectivity index is 3.06. The lowest BCUT2D eigenvalue weighted by Crippen LogP contribution is -2.04. The molecule has 0 aromatic rings. The van der Waals surface area contributed by atoms with Crippen molar-refractivity contribution in [1.82, 2.24) is 0 Å². The molecule has 0 N–H and O–H groups in total. The maximum atomic E-state index is 11.3.